The highest BCUT2D eigenvalue weighted by Gasteiger charge is 2.33. The number of thiophene rings is 1. The fourth-order valence-electron chi connectivity index (χ4n) is 3.44. The smallest absolute Gasteiger partial charge is 0.337 e. The zero-order valence-corrected chi connectivity index (χ0v) is 15.5. The van der Waals surface area contributed by atoms with E-state index in [-0.39, 0.29) is 5.41 Å². The molecule has 0 aromatic carbocycles. The van der Waals surface area contributed by atoms with Crippen molar-refractivity contribution >= 4 is 17.3 Å². The van der Waals surface area contributed by atoms with Gasteiger partial charge in [-0.05, 0) is 56.0 Å². The summed E-state index contributed by atoms with van der Waals surface area (Å²) in [5.41, 5.74) is 3.78. The number of rotatable bonds is 4. The van der Waals surface area contributed by atoms with Crippen LogP contribution in [0.5, 0.6) is 0 Å². The van der Waals surface area contributed by atoms with Crippen molar-refractivity contribution in [3.05, 3.63) is 40.0 Å². The molecule has 0 amide bonds. The zero-order valence-electron chi connectivity index (χ0n) is 14.7. The van der Waals surface area contributed by atoms with Gasteiger partial charge in [-0.15, -0.1) is 11.3 Å². The fraction of sp³-hybridized carbons (Fsp3) is 0.474. The van der Waals surface area contributed by atoms with E-state index in [1.807, 2.05) is 26.4 Å². The maximum absolute atomic E-state index is 12.0. The van der Waals surface area contributed by atoms with Crippen molar-refractivity contribution in [1.82, 2.24) is 9.88 Å². The normalized spacial score (nSPS) is 16.2. The number of hydrogen-bond donors (Lipinski definition) is 1. The summed E-state index contributed by atoms with van der Waals surface area (Å²) in [6, 6.07) is 1.99. The standard InChI is InChI=1S/C19H24N2O2S/c1-19(2)7-5-15-13(9-19)16(18(22)23)17(24-15)14-10-20-8-6-12(14)11-21(3)4/h6,8,10H,5,7,9,11H2,1-4H3,(H,22,23). The Balaban J connectivity index is 2.17. The first kappa shape index (κ1) is 17.1. The molecule has 0 bridgehead atoms. The van der Waals surface area contributed by atoms with Crippen molar-refractivity contribution in [3.8, 4) is 10.4 Å². The van der Waals surface area contributed by atoms with Crippen molar-refractivity contribution in [2.45, 2.75) is 39.7 Å². The summed E-state index contributed by atoms with van der Waals surface area (Å²) in [7, 11) is 4.04. The number of aromatic nitrogens is 1. The Morgan fingerprint density at radius 3 is 2.83 bits per heavy atom. The van der Waals surface area contributed by atoms with E-state index in [1.54, 1.807) is 17.5 Å². The number of pyridine rings is 1. The quantitative estimate of drug-likeness (QED) is 0.908. The molecule has 24 heavy (non-hydrogen) atoms. The molecule has 0 saturated heterocycles. The monoisotopic (exact) mass is 344 g/mol. The van der Waals surface area contributed by atoms with Crippen LogP contribution in [-0.2, 0) is 19.4 Å². The Morgan fingerprint density at radius 2 is 2.17 bits per heavy atom. The van der Waals surface area contributed by atoms with Crippen LogP contribution >= 0.6 is 11.3 Å². The molecule has 0 saturated carbocycles. The molecule has 0 fully saturated rings. The van der Waals surface area contributed by atoms with Crippen LogP contribution in [0.15, 0.2) is 18.5 Å². The first-order chi connectivity index (χ1) is 11.3. The highest BCUT2D eigenvalue weighted by Crippen LogP contribution is 2.45. The molecule has 4 nitrogen and oxygen atoms in total. The summed E-state index contributed by atoms with van der Waals surface area (Å²) in [5.74, 6) is -0.820. The lowest BCUT2D eigenvalue weighted by molar-refractivity contribution is 0.0696. The predicted molar refractivity (Wildman–Crippen MR) is 97.7 cm³/mol. The maximum atomic E-state index is 12.0. The second kappa shape index (κ2) is 6.30. The van der Waals surface area contributed by atoms with Crippen LogP contribution in [0.2, 0.25) is 0 Å². The minimum absolute atomic E-state index is 0.164. The second-order valence-electron chi connectivity index (χ2n) is 7.62. The van der Waals surface area contributed by atoms with Gasteiger partial charge in [0.1, 0.15) is 0 Å². The van der Waals surface area contributed by atoms with Gasteiger partial charge in [0.25, 0.3) is 0 Å². The molecule has 0 atom stereocenters. The van der Waals surface area contributed by atoms with Gasteiger partial charge >= 0.3 is 5.97 Å². The first-order valence-corrected chi connectivity index (χ1v) is 9.06. The van der Waals surface area contributed by atoms with Crippen LogP contribution in [0, 0.1) is 5.41 Å². The average molecular weight is 344 g/mol. The zero-order chi connectivity index (χ0) is 17.5. The molecular weight excluding hydrogens is 320 g/mol. The van der Waals surface area contributed by atoms with E-state index in [4.69, 9.17) is 0 Å². The predicted octanol–water partition coefficient (Wildman–Crippen LogP) is 4.08. The molecule has 0 radical (unpaired) electrons. The minimum Gasteiger partial charge on any atom is -0.478 e. The van der Waals surface area contributed by atoms with E-state index < -0.39 is 5.97 Å². The highest BCUT2D eigenvalue weighted by atomic mass is 32.1. The van der Waals surface area contributed by atoms with Gasteiger partial charge in [0.05, 0.1) is 10.4 Å². The van der Waals surface area contributed by atoms with Gasteiger partial charge in [-0.1, -0.05) is 13.8 Å². The Kier molecular flexibility index (Phi) is 4.49. The summed E-state index contributed by atoms with van der Waals surface area (Å²) >= 11 is 1.65. The number of aromatic carboxylic acids is 1. The third-order valence-electron chi connectivity index (χ3n) is 4.63. The van der Waals surface area contributed by atoms with E-state index >= 15 is 0 Å². The first-order valence-electron chi connectivity index (χ1n) is 8.24. The molecular formula is C19H24N2O2S. The Bertz CT molecular complexity index is 778. The Hall–Kier alpha value is -1.72. The summed E-state index contributed by atoms with van der Waals surface area (Å²) < 4.78 is 0. The largest absolute Gasteiger partial charge is 0.478 e. The van der Waals surface area contributed by atoms with Crippen molar-refractivity contribution in [2.75, 3.05) is 14.1 Å². The van der Waals surface area contributed by atoms with Crippen molar-refractivity contribution in [2.24, 2.45) is 5.41 Å². The van der Waals surface area contributed by atoms with Crippen LogP contribution < -0.4 is 0 Å². The number of carbonyl (C=O) groups is 1. The maximum Gasteiger partial charge on any atom is 0.337 e. The van der Waals surface area contributed by atoms with E-state index in [0.717, 1.165) is 47.4 Å². The van der Waals surface area contributed by atoms with Gasteiger partial charge in [-0.25, -0.2) is 4.79 Å². The second-order valence-corrected chi connectivity index (χ2v) is 8.73. The molecule has 3 rings (SSSR count). The highest BCUT2D eigenvalue weighted by molar-refractivity contribution is 7.16. The van der Waals surface area contributed by atoms with Gasteiger partial charge in [0, 0.05) is 29.4 Å². The molecule has 2 aromatic heterocycles. The van der Waals surface area contributed by atoms with Crippen LogP contribution in [0.4, 0.5) is 0 Å². The Morgan fingerprint density at radius 1 is 1.42 bits per heavy atom. The molecule has 2 aromatic rings. The van der Waals surface area contributed by atoms with Crippen LogP contribution in [0.3, 0.4) is 0 Å². The molecule has 0 spiro atoms. The summed E-state index contributed by atoms with van der Waals surface area (Å²) in [6.45, 7) is 5.21. The molecule has 0 aliphatic heterocycles. The lowest BCUT2D eigenvalue weighted by Gasteiger charge is -2.29. The van der Waals surface area contributed by atoms with Gasteiger partial charge in [0.2, 0.25) is 0 Å². The summed E-state index contributed by atoms with van der Waals surface area (Å²) in [4.78, 5) is 20.5. The molecule has 128 valence electrons. The molecule has 1 N–H and O–H groups in total. The third-order valence-corrected chi connectivity index (χ3v) is 5.96. The van der Waals surface area contributed by atoms with E-state index in [9.17, 15) is 9.90 Å². The SMILES string of the molecule is CN(C)Cc1ccncc1-c1sc2c(c1C(=O)O)CC(C)(C)CC2. The fourth-order valence-corrected chi connectivity index (χ4v) is 4.80. The van der Waals surface area contributed by atoms with Crippen LogP contribution in [0.25, 0.3) is 10.4 Å². The lowest BCUT2D eigenvalue weighted by Crippen LogP contribution is -2.22. The molecule has 2 heterocycles. The number of carboxylic acid groups (broad SMARTS) is 1. The minimum atomic E-state index is -0.820. The molecule has 1 aliphatic rings. The molecule has 0 unspecified atom stereocenters. The third kappa shape index (κ3) is 3.23. The van der Waals surface area contributed by atoms with Crippen molar-refractivity contribution in [3.63, 3.8) is 0 Å². The van der Waals surface area contributed by atoms with Crippen LogP contribution in [-0.4, -0.2) is 35.1 Å². The number of carboxylic acids is 1. The molecule has 5 heteroatoms. The topological polar surface area (TPSA) is 53.4 Å². The molecule has 1 aliphatic carbocycles. The van der Waals surface area contributed by atoms with E-state index in [1.165, 1.54) is 4.88 Å². The van der Waals surface area contributed by atoms with Gasteiger partial charge in [-0.2, -0.15) is 0 Å². The lowest BCUT2D eigenvalue weighted by atomic mass is 9.76. The van der Waals surface area contributed by atoms with E-state index in [0.29, 0.717) is 5.56 Å². The summed E-state index contributed by atoms with van der Waals surface area (Å²) in [5, 5.41) is 9.89. The van der Waals surface area contributed by atoms with E-state index in [2.05, 4.69) is 23.7 Å². The van der Waals surface area contributed by atoms with Gasteiger partial charge in [-0.3, -0.25) is 4.98 Å². The number of hydrogen-bond acceptors (Lipinski definition) is 4. The average Bonchev–Trinajstić information content (AvgIpc) is 2.84. The van der Waals surface area contributed by atoms with Crippen molar-refractivity contribution in [1.29, 1.82) is 0 Å². The number of fused-ring (bicyclic) bond motifs is 1. The summed E-state index contributed by atoms with van der Waals surface area (Å²) in [6.07, 6.45) is 6.50. The van der Waals surface area contributed by atoms with Gasteiger partial charge in [0.15, 0.2) is 0 Å². The van der Waals surface area contributed by atoms with Gasteiger partial charge < -0.3 is 10.0 Å². The Labute approximate surface area is 147 Å². The number of aryl methyl sites for hydroxylation is 1. The van der Waals surface area contributed by atoms with Crippen LogP contribution in [0.1, 0.15) is 46.6 Å². The van der Waals surface area contributed by atoms with Crippen molar-refractivity contribution < 1.29 is 9.90 Å². The number of nitrogens with zero attached hydrogens (tertiary/aromatic N) is 2.